The standard InChI is InChI=1S/C21H20N4O/c1-12-7-8-17(23-11-12)16-6-4-3-5-15(16)14-9-18-20(19(26)10-14)13(2)24-21(22)25-18/h3-8,11,14H,9-10H2,1-2H3,(H2,22,24,25). The van der Waals surface area contributed by atoms with Crippen molar-refractivity contribution in [3.05, 3.63) is 70.7 Å². The third kappa shape index (κ3) is 2.86. The predicted octanol–water partition coefficient (Wildman–Crippen LogP) is 3.65. The number of carbonyl (C=O) groups excluding carboxylic acids is 1. The lowest BCUT2D eigenvalue weighted by Gasteiger charge is -2.26. The van der Waals surface area contributed by atoms with Crippen LogP contribution in [0.25, 0.3) is 11.3 Å². The van der Waals surface area contributed by atoms with E-state index in [4.69, 9.17) is 5.73 Å². The van der Waals surface area contributed by atoms with Crippen molar-refractivity contribution in [1.82, 2.24) is 15.0 Å². The highest BCUT2D eigenvalue weighted by atomic mass is 16.1. The summed E-state index contributed by atoms with van der Waals surface area (Å²) in [7, 11) is 0. The first-order chi connectivity index (χ1) is 12.5. The van der Waals surface area contributed by atoms with Crippen LogP contribution in [-0.4, -0.2) is 20.7 Å². The summed E-state index contributed by atoms with van der Waals surface area (Å²) in [4.78, 5) is 25.8. The number of fused-ring (bicyclic) bond motifs is 1. The Morgan fingerprint density at radius 3 is 2.62 bits per heavy atom. The molecular weight excluding hydrogens is 324 g/mol. The number of hydrogen-bond donors (Lipinski definition) is 1. The third-order valence-electron chi connectivity index (χ3n) is 4.92. The number of aryl methyl sites for hydroxylation is 2. The number of carbonyl (C=O) groups is 1. The van der Waals surface area contributed by atoms with E-state index in [9.17, 15) is 4.79 Å². The first-order valence-electron chi connectivity index (χ1n) is 8.71. The summed E-state index contributed by atoms with van der Waals surface area (Å²) in [6, 6.07) is 12.2. The number of aromatic nitrogens is 3. The van der Waals surface area contributed by atoms with Gasteiger partial charge in [0, 0.05) is 18.2 Å². The molecule has 26 heavy (non-hydrogen) atoms. The lowest BCUT2D eigenvalue weighted by atomic mass is 9.79. The van der Waals surface area contributed by atoms with Crippen LogP contribution >= 0.6 is 0 Å². The molecule has 3 aromatic rings. The molecule has 1 unspecified atom stereocenters. The van der Waals surface area contributed by atoms with Crippen molar-refractivity contribution in [1.29, 1.82) is 0 Å². The molecule has 0 spiro atoms. The van der Waals surface area contributed by atoms with E-state index in [0.717, 1.165) is 28.1 Å². The van der Waals surface area contributed by atoms with E-state index < -0.39 is 0 Å². The molecule has 0 radical (unpaired) electrons. The van der Waals surface area contributed by atoms with E-state index >= 15 is 0 Å². The Kier molecular flexibility index (Phi) is 3.99. The molecule has 1 atom stereocenters. The van der Waals surface area contributed by atoms with Gasteiger partial charge in [-0.05, 0) is 43.4 Å². The Morgan fingerprint density at radius 2 is 1.85 bits per heavy atom. The van der Waals surface area contributed by atoms with Crippen LogP contribution in [0.15, 0.2) is 42.6 Å². The first-order valence-corrected chi connectivity index (χ1v) is 8.71. The number of hydrogen-bond acceptors (Lipinski definition) is 5. The fraction of sp³-hybridized carbons (Fsp3) is 0.238. The summed E-state index contributed by atoms with van der Waals surface area (Å²) >= 11 is 0. The summed E-state index contributed by atoms with van der Waals surface area (Å²) < 4.78 is 0. The maximum Gasteiger partial charge on any atom is 0.220 e. The van der Waals surface area contributed by atoms with Crippen molar-refractivity contribution >= 4 is 11.7 Å². The van der Waals surface area contributed by atoms with E-state index in [0.29, 0.717) is 24.1 Å². The highest BCUT2D eigenvalue weighted by Crippen LogP contribution is 2.37. The number of pyridine rings is 1. The Labute approximate surface area is 152 Å². The molecule has 0 fully saturated rings. The topological polar surface area (TPSA) is 81.8 Å². The number of anilines is 1. The van der Waals surface area contributed by atoms with Crippen molar-refractivity contribution in [2.24, 2.45) is 0 Å². The number of ketones is 1. The molecule has 1 aromatic carbocycles. The van der Waals surface area contributed by atoms with Gasteiger partial charge in [0.2, 0.25) is 5.95 Å². The molecule has 2 aromatic heterocycles. The zero-order chi connectivity index (χ0) is 18.3. The summed E-state index contributed by atoms with van der Waals surface area (Å²) in [5, 5.41) is 0. The second kappa shape index (κ2) is 6.33. The quantitative estimate of drug-likeness (QED) is 0.767. The van der Waals surface area contributed by atoms with Gasteiger partial charge in [0.25, 0.3) is 0 Å². The van der Waals surface area contributed by atoms with E-state index in [2.05, 4.69) is 33.2 Å². The molecule has 2 N–H and O–H groups in total. The van der Waals surface area contributed by atoms with Gasteiger partial charge in [-0.15, -0.1) is 0 Å². The number of benzene rings is 1. The number of Topliss-reactive ketones (excluding diaryl/α,β-unsaturated/α-hetero) is 1. The molecule has 1 aliphatic carbocycles. The number of nitrogen functional groups attached to an aromatic ring is 1. The minimum absolute atomic E-state index is 0.0583. The van der Waals surface area contributed by atoms with Gasteiger partial charge in [-0.3, -0.25) is 9.78 Å². The number of rotatable bonds is 2. The molecule has 4 rings (SSSR count). The van der Waals surface area contributed by atoms with Crippen LogP contribution < -0.4 is 5.73 Å². The molecule has 1 aliphatic rings. The monoisotopic (exact) mass is 344 g/mol. The third-order valence-corrected chi connectivity index (χ3v) is 4.92. The second-order valence-corrected chi connectivity index (χ2v) is 6.83. The fourth-order valence-electron chi connectivity index (χ4n) is 3.73. The number of nitrogens with zero attached hydrogens (tertiary/aromatic N) is 3. The number of nitrogens with two attached hydrogens (primary N) is 1. The molecule has 5 heteroatoms. The van der Waals surface area contributed by atoms with Crippen LogP contribution in [0.2, 0.25) is 0 Å². The SMILES string of the molecule is Cc1ccc(-c2ccccc2C2CC(=O)c3c(C)nc(N)nc3C2)nc1. The van der Waals surface area contributed by atoms with Crippen LogP contribution in [0.1, 0.15) is 45.2 Å². The Balaban J connectivity index is 1.78. The van der Waals surface area contributed by atoms with Crippen molar-refractivity contribution in [3.8, 4) is 11.3 Å². The lowest BCUT2D eigenvalue weighted by Crippen LogP contribution is -2.23. The molecule has 0 bridgehead atoms. The molecule has 2 heterocycles. The average Bonchev–Trinajstić information content (AvgIpc) is 2.61. The van der Waals surface area contributed by atoms with Crippen LogP contribution in [0, 0.1) is 13.8 Å². The van der Waals surface area contributed by atoms with Crippen LogP contribution in [0.3, 0.4) is 0 Å². The lowest BCUT2D eigenvalue weighted by molar-refractivity contribution is 0.0962. The molecule has 0 saturated heterocycles. The Bertz CT molecular complexity index is 995. The van der Waals surface area contributed by atoms with E-state index in [-0.39, 0.29) is 17.6 Å². The van der Waals surface area contributed by atoms with Gasteiger partial charge in [0.1, 0.15) is 0 Å². The average molecular weight is 344 g/mol. The van der Waals surface area contributed by atoms with Crippen molar-refractivity contribution in [3.63, 3.8) is 0 Å². The largest absolute Gasteiger partial charge is 0.368 e. The molecule has 0 amide bonds. The van der Waals surface area contributed by atoms with Gasteiger partial charge in [-0.1, -0.05) is 30.3 Å². The summed E-state index contributed by atoms with van der Waals surface area (Å²) in [6.45, 7) is 3.84. The zero-order valence-electron chi connectivity index (χ0n) is 14.9. The van der Waals surface area contributed by atoms with Gasteiger partial charge in [-0.2, -0.15) is 0 Å². The highest BCUT2D eigenvalue weighted by molar-refractivity contribution is 6.00. The van der Waals surface area contributed by atoms with E-state index in [1.165, 1.54) is 0 Å². The van der Waals surface area contributed by atoms with Crippen LogP contribution in [-0.2, 0) is 6.42 Å². The molecule has 5 nitrogen and oxygen atoms in total. The highest BCUT2D eigenvalue weighted by Gasteiger charge is 2.31. The molecule has 130 valence electrons. The summed E-state index contributed by atoms with van der Waals surface area (Å²) in [6.07, 6.45) is 2.99. The second-order valence-electron chi connectivity index (χ2n) is 6.83. The maximum absolute atomic E-state index is 12.8. The molecule has 0 aliphatic heterocycles. The predicted molar refractivity (Wildman–Crippen MR) is 101 cm³/mol. The molecule has 0 saturated carbocycles. The minimum Gasteiger partial charge on any atom is -0.368 e. The van der Waals surface area contributed by atoms with E-state index in [1.807, 2.05) is 38.2 Å². The van der Waals surface area contributed by atoms with E-state index in [1.54, 1.807) is 0 Å². The zero-order valence-corrected chi connectivity index (χ0v) is 14.9. The van der Waals surface area contributed by atoms with Gasteiger partial charge >= 0.3 is 0 Å². The Morgan fingerprint density at radius 1 is 1.04 bits per heavy atom. The Hall–Kier alpha value is -3.08. The van der Waals surface area contributed by atoms with Crippen molar-refractivity contribution in [2.45, 2.75) is 32.6 Å². The van der Waals surface area contributed by atoms with Crippen LogP contribution in [0.4, 0.5) is 5.95 Å². The fourth-order valence-corrected chi connectivity index (χ4v) is 3.73. The first kappa shape index (κ1) is 16.4. The normalized spacial score (nSPS) is 16.4. The maximum atomic E-state index is 12.8. The van der Waals surface area contributed by atoms with Gasteiger partial charge in [0.05, 0.1) is 22.6 Å². The van der Waals surface area contributed by atoms with Crippen LogP contribution in [0.5, 0.6) is 0 Å². The van der Waals surface area contributed by atoms with Crippen molar-refractivity contribution in [2.75, 3.05) is 5.73 Å². The molecular formula is C21H20N4O. The van der Waals surface area contributed by atoms with Crippen molar-refractivity contribution < 1.29 is 4.79 Å². The smallest absolute Gasteiger partial charge is 0.220 e. The summed E-state index contributed by atoms with van der Waals surface area (Å²) in [5.74, 6) is 0.367. The summed E-state index contributed by atoms with van der Waals surface area (Å²) in [5.41, 5.74) is 12.1. The van der Waals surface area contributed by atoms with Gasteiger partial charge in [-0.25, -0.2) is 9.97 Å². The van der Waals surface area contributed by atoms with Gasteiger partial charge < -0.3 is 5.73 Å². The van der Waals surface area contributed by atoms with Gasteiger partial charge in [0.15, 0.2) is 5.78 Å². The minimum atomic E-state index is 0.0583.